The molecule has 0 saturated heterocycles. The first-order chi connectivity index (χ1) is 29.3. The van der Waals surface area contributed by atoms with Gasteiger partial charge in [0, 0.05) is 33.2 Å². The molecule has 0 radical (unpaired) electrons. The molecule has 0 atom stereocenters. The summed E-state index contributed by atoms with van der Waals surface area (Å²) in [6.45, 7) is 9.55. The average Bonchev–Trinajstić information content (AvgIpc) is 4.01. The van der Waals surface area contributed by atoms with Crippen molar-refractivity contribution in [1.82, 2.24) is 0 Å². The van der Waals surface area contributed by atoms with Crippen molar-refractivity contribution in [3.8, 4) is 55.6 Å². The molecule has 0 heterocycles. The van der Waals surface area contributed by atoms with Gasteiger partial charge in [-0.25, -0.2) is 0 Å². The molecule has 0 aliphatic heterocycles. The van der Waals surface area contributed by atoms with Gasteiger partial charge >= 0.3 is 0 Å². The Morgan fingerprint density at radius 3 is 1.58 bits per heavy atom. The van der Waals surface area contributed by atoms with E-state index in [9.17, 15) is 0 Å². The summed E-state index contributed by atoms with van der Waals surface area (Å²) < 4.78 is 0. The van der Waals surface area contributed by atoms with E-state index in [1.807, 2.05) is 0 Å². The van der Waals surface area contributed by atoms with E-state index < -0.39 is 0 Å². The summed E-state index contributed by atoms with van der Waals surface area (Å²) in [5.41, 5.74) is 25.4. The zero-order valence-electron chi connectivity index (χ0n) is 35.0. The maximum absolute atomic E-state index is 2.56. The van der Waals surface area contributed by atoms with E-state index in [1.165, 1.54) is 132 Å². The van der Waals surface area contributed by atoms with Gasteiger partial charge in [0.1, 0.15) is 0 Å². The Bertz CT molecular complexity index is 3040. The second-order valence-electron chi connectivity index (χ2n) is 18.8. The number of anilines is 3. The predicted octanol–water partition coefficient (Wildman–Crippen LogP) is 15.9. The minimum absolute atomic E-state index is 0.0853. The van der Waals surface area contributed by atoms with E-state index >= 15 is 0 Å². The van der Waals surface area contributed by atoms with Gasteiger partial charge in [0.25, 0.3) is 0 Å². The molecule has 0 aromatic heterocycles. The van der Waals surface area contributed by atoms with Crippen LogP contribution in [0, 0.1) is 0 Å². The molecular weight excluding hydrogens is 723 g/mol. The third-order valence-corrected chi connectivity index (χ3v) is 15.0. The van der Waals surface area contributed by atoms with Crippen LogP contribution in [0.1, 0.15) is 86.8 Å². The average molecular weight is 772 g/mol. The number of fused-ring (bicyclic) bond motifs is 11. The van der Waals surface area contributed by atoms with Crippen LogP contribution in [-0.2, 0) is 16.2 Å². The van der Waals surface area contributed by atoms with Crippen molar-refractivity contribution < 1.29 is 0 Å². The molecule has 60 heavy (non-hydrogen) atoms. The zero-order valence-corrected chi connectivity index (χ0v) is 35.0. The first-order valence-corrected chi connectivity index (χ1v) is 22.0. The highest BCUT2D eigenvalue weighted by molar-refractivity contribution is 5.97. The molecule has 1 heteroatoms. The molecule has 4 aliphatic carbocycles. The normalized spacial score (nSPS) is 16.5. The van der Waals surface area contributed by atoms with Gasteiger partial charge in [0.2, 0.25) is 0 Å². The van der Waals surface area contributed by atoms with E-state index in [2.05, 4.69) is 209 Å². The van der Waals surface area contributed by atoms with Crippen LogP contribution in [0.15, 0.2) is 176 Å². The van der Waals surface area contributed by atoms with Gasteiger partial charge in [0.05, 0.1) is 5.69 Å². The van der Waals surface area contributed by atoms with E-state index in [0.29, 0.717) is 0 Å². The van der Waals surface area contributed by atoms with Crippen LogP contribution in [0.25, 0.3) is 55.6 Å². The number of hydrogen-bond acceptors (Lipinski definition) is 1. The smallest absolute Gasteiger partial charge is 0.0543 e. The Morgan fingerprint density at radius 1 is 0.367 bits per heavy atom. The molecule has 0 bridgehead atoms. The third kappa shape index (κ3) is 4.81. The fourth-order valence-corrected chi connectivity index (χ4v) is 12.3. The van der Waals surface area contributed by atoms with Crippen molar-refractivity contribution in [2.45, 2.75) is 69.6 Å². The molecule has 0 amide bonds. The number of nitrogens with zero attached hydrogens (tertiary/aromatic N) is 1. The molecule has 1 spiro atoms. The fraction of sp³-hybridized carbons (Fsp3) is 0.186. The van der Waals surface area contributed by atoms with E-state index in [-0.39, 0.29) is 16.2 Å². The highest BCUT2D eigenvalue weighted by Crippen LogP contribution is 2.59. The van der Waals surface area contributed by atoms with E-state index in [4.69, 9.17) is 0 Å². The Hall–Kier alpha value is -6.44. The summed E-state index contributed by atoms with van der Waals surface area (Å²) in [5, 5.41) is 0. The zero-order chi connectivity index (χ0) is 40.4. The molecule has 4 aliphatic rings. The standard InChI is InChI=1S/C59H49N/c1-57(2)50-25-11-9-21-48(50)55-52(57)27-16-28-54(55)60(40-33-34-45-43-19-8-12-26-51(43)59(53(45)37-40)35-13-14-36-59)39-31-29-38(30-32-39)41-17-5-6-18-42(41)46-22-15-23-47-44-20-7-10-24-49(44)58(3,4)56(46)47/h5-12,15-34,37H,13-14,35-36H2,1-4H3. The van der Waals surface area contributed by atoms with Crippen molar-refractivity contribution in [3.05, 3.63) is 209 Å². The minimum atomic E-state index is -0.0998. The van der Waals surface area contributed by atoms with Crippen molar-refractivity contribution in [2.75, 3.05) is 4.90 Å². The molecule has 0 N–H and O–H groups in total. The van der Waals surface area contributed by atoms with E-state index in [1.54, 1.807) is 0 Å². The van der Waals surface area contributed by atoms with E-state index in [0.717, 1.165) is 0 Å². The van der Waals surface area contributed by atoms with Crippen molar-refractivity contribution in [3.63, 3.8) is 0 Å². The Kier molecular flexibility index (Phi) is 7.56. The van der Waals surface area contributed by atoms with Crippen LogP contribution in [0.5, 0.6) is 0 Å². The quantitative estimate of drug-likeness (QED) is 0.168. The Balaban J connectivity index is 1.03. The molecule has 0 unspecified atom stereocenters. The molecule has 1 saturated carbocycles. The summed E-state index contributed by atoms with van der Waals surface area (Å²) in [6, 6.07) is 66.9. The lowest BCUT2D eigenvalue weighted by Gasteiger charge is -2.31. The molecule has 1 nitrogen and oxygen atoms in total. The van der Waals surface area contributed by atoms with Gasteiger partial charge in [-0.1, -0.05) is 186 Å². The predicted molar refractivity (Wildman–Crippen MR) is 252 cm³/mol. The molecule has 8 aromatic rings. The number of benzene rings is 8. The summed E-state index contributed by atoms with van der Waals surface area (Å²) in [7, 11) is 0. The summed E-state index contributed by atoms with van der Waals surface area (Å²) in [6.07, 6.45) is 4.98. The largest absolute Gasteiger partial charge is 0.310 e. The molecule has 12 rings (SSSR count). The molecule has 8 aromatic carbocycles. The summed E-state index contributed by atoms with van der Waals surface area (Å²) >= 11 is 0. The lowest BCUT2D eigenvalue weighted by Crippen LogP contribution is -2.21. The van der Waals surface area contributed by atoms with Gasteiger partial charge in [-0.05, 0) is 127 Å². The molecule has 290 valence electrons. The minimum Gasteiger partial charge on any atom is -0.310 e. The van der Waals surface area contributed by atoms with Crippen LogP contribution in [0.4, 0.5) is 17.1 Å². The number of rotatable bonds is 5. The Labute approximate surface area is 355 Å². The second kappa shape index (κ2) is 12.8. The van der Waals surface area contributed by atoms with Gasteiger partial charge in [-0.15, -0.1) is 0 Å². The highest BCUT2D eigenvalue weighted by atomic mass is 15.1. The monoisotopic (exact) mass is 771 g/mol. The molecule has 1 fully saturated rings. The van der Waals surface area contributed by atoms with Crippen LogP contribution < -0.4 is 4.90 Å². The van der Waals surface area contributed by atoms with Crippen LogP contribution in [-0.4, -0.2) is 0 Å². The van der Waals surface area contributed by atoms with Crippen LogP contribution >= 0.6 is 0 Å². The Morgan fingerprint density at radius 2 is 0.867 bits per heavy atom. The second-order valence-corrected chi connectivity index (χ2v) is 18.8. The lowest BCUT2D eigenvalue weighted by molar-refractivity contribution is 0.550. The van der Waals surface area contributed by atoms with Gasteiger partial charge in [-0.2, -0.15) is 0 Å². The SMILES string of the molecule is CC1(C)c2ccccc2-c2c(N(c3ccc(-c4ccccc4-c4cccc5c4C(C)(C)c4ccccc4-5)cc3)c3ccc4c(c3)C3(CCCC3)c3ccccc3-4)cccc21. The van der Waals surface area contributed by atoms with Crippen LogP contribution in [0.2, 0.25) is 0 Å². The molecular formula is C59H49N. The van der Waals surface area contributed by atoms with Crippen molar-refractivity contribution in [1.29, 1.82) is 0 Å². The van der Waals surface area contributed by atoms with Crippen LogP contribution in [0.3, 0.4) is 0 Å². The first kappa shape index (κ1) is 35.5. The van der Waals surface area contributed by atoms with Crippen molar-refractivity contribution >= 4 is 17.1 Å². The van der Waals surface area contributed by atoms with Crippen molar-refractivity contribution in [2.24, 2.45) is 0 Å². The van der Waals surface area contributed by atoms with Gasteiger partial charge in [-0.3, -0.25) is 0 Å². The number of hydrogen-bond donors (Lipinski definition) is 0. The first-order valence-electron chi connectivity index (χ1n) is 22.0. The van der Waals surface area contributed by atoms with Gasteiger partial charge < -0.3 is 4.90 Å². The van der Waals surface area contributed by atoms with Gasteiger partial charge in [0.15, 0.2) is 0 Å². The summed E-state index contributed by atoms with van der Waals surface area (Å²) in [5.74, 6) is 0. The fourth-order valence-electron chi connectivity index (χ4n) is 12.3. The maximum atomic E-state index is 2.56. The third-order valence-electron chi connectivity index (χ3n) is 15.0. The highest BCUT2D eigenvalue weighted by Gasteiger charge is 2.45. The lowest BCUT2D eigenvalue weighted by atomic mass is 9.76. The maximum Gasteiger partial charge on any atom is 0.0543 e. The topological polar surface area (TPSA) is 3.24 Å². The summed E-state index contributed by atoms with van der Waals surface area (Å²) in [4.78, 5) is 2.56.